The fourth-order valence-corrected chi connectivity index (χ4v) is 3.74. The van der Waals surface area contributed by atoms with Crippen LogP contribution in [0.3, 0.4) is 0 Å². The summed E-state index contributed by atoms with van der Waals surface area (Å²) in [6.07, 6.45) is 0.0573. The zero-order valence-electron chi connectivity index (χ0n) is 20.9. The van der Waals surface area contributed by atoms with E-state index in [4.69, 9.17) is 14.5 Å². The molecule has 3 amide bonds. The van der Waals surface area contributed by atoms with Gasteiger partial charge in [0.1, 0.15) is 12.2 Å². The van der Waals surface area contributed by atoms with E-state index in [-0.39, 0.29) is 25.2 Å². The summed E-state index contributed by atoms with van der Waals surface area (Å²) in [5.74, 6) is 0. The molecule has 8 heteroatoms. The monoisotopic (exact) mass is 481 g/mol. The van der Waals surface area contributed by atoms with E-state index in [1.54, 1.807) is 4.90 Å². The van der Waals surface area contributed by atoms with E-state index in [9.17, 15) is 9.59 Å². The van der Waals surface area contributed by atoms with Crippen molar-refractivity contribution in [3.63, 3.8) is 0 Å². The van der Waals surface area contributed by atoms with Gasteiger partial charge in [-0.3, -0.25) is 0 Å². The second kappa shape index (κ2) is 12.4. The van der Waals surface area contributed by atoms with Crippen LogP contribution in [0.5, 0.6) is 0 Å². The Hall–Kier alpha value is -3.36. The third-order valence-corrected chi connectivity index (χ3v) is 5.33. The maximum Gasteiger partial charge on any atom is 0.410 e. The van der Waals surface area contributed by atoms with Crippen molar-refractivity contribution < 1.29 is 24.1 Å². The Balaban J connectivity index is 1.75. The predicted octanol–water partition coefficient (Wildman–Crippen LogP) is 4.94. The van der Waals surface area contributed by atoms with Crippen molar-refractivity contribution in [3.8, 4) is 0 Å². The van der Waals surface area contributed by atoms with Crippen LogP contribution in [0.4, 0.5) is 9.59 Å². The number of hydrogen-bond donors (Lipinski definition) is 2. The summed E-state index contributed by atoms with van der Waals surface area (Å²) in [6, 6.07) is 19.0. The van der Waals surface area contributed by atoms with Crippen LogP contribution < -0.4 is 10.6 Å². The van der Waals surface area contributed by atoms with Crippen molar-refractivity contribution in [2.45, 2.75) is 45.8 Å². The summed E-state index contributed by atoms with van der Waals surface area (Å²) in [4.78, 5) is 37.6. The molecular formula is C27H35N3O5. The number of hydrogen-bond acceptors (Lipinski definition) is 5. The Kier molecular flexibility index (Phi) is 9.28. The van der Waals surface area contributed by atoms with Crippen LogP contribution in [-0.4, -0.2) is 48.9 Å². The fraction of sp³-hybridized carbons (Fsp3) is 0.407. The Labute approximate surface area is 207 Å². The topological polar surface area (TPSA) is 89.1 Å². The van der Waals surface area contributed by atoms with Crippen LogP contribution in [0.25, 0.3) is 0 Å². The van der Waals surface area contributed by atoms with E-state index in [1.807, 2.05) is 88.4 Å². The van der Waals surface area contributed by atoms with Gasteiger partial charge in [-0.2, -0.15) is 0 Å². The van der Waals surface area contributed by atoms with Gasteiger partial charge in [-0.05, 0) is 44.4 Å². The molecule has 2 aromatic rings. The van der Waals surface area contributed by atoms with Gasteiger partial charge in [0.2, 0.25) is 0 Å². The molecule has 0 radical (unpaired) electrons. The Morgan fingerprint density at radius 2 is 1.57 bits per heavy atom. The lowest BCUT2D eigenvalue weighted by molar-refractivity contribution is -0.285. The minimum absolute atomic E-state index is 0.129. The maximum absolute atomic E-state index is 13.1. The van der Waals surface area contributed by atoms with Crippen molar-refractivity contribution in [1.29, 1.82) is 0 Å². The highest BCUT2D eigenvalue weighted by Gasteiger charge is 2.28. The molecular weight excluding hydrogens is 446 g/mol. The molecule has 0 saturated carbocycles. The van der Waals surface area contributed by atoms with Gasteiger partial charge in [-0.15, -0.1) is 0 Å². The second-order valence-corrected chi connectivity index (χ2v) is 9.26. The van der Waals surface area contributed by atoms with Crippen molar-refractivity contribution in [3.05, 3.63) is 83.1 Å². The number of carbonyl (C=O) groups is 2. The van der Waals surface area contributed by atoms with E-state index < -0.39 is 11.7 Å². The van der Waals surface area contributed by atoms with E-state index in [1.165, 1.54) is 0 Å². The molecule has 8 nitrogen and oxygen atoms in total. The van der Waals surface area contributed by atoms with Crippen LogP contribution in [0.15, 0.2) is 71.9 Å². The summed E-state index contributed by atoms with van der Waals surface area (Å²) in [5, 5.41) is 6.08. The van der Waals surface area contributed by atoms with Crippen molar-refractivity contribution in [1.82, 2.24) is 15.5 Å². The number of nitrogens with one attached hydrogen (secondary N) is 2. The standard InChI is InChI=1S/C27H35N3O5/c1-5-33-34-19-22-18-30(26(32)35-27(2,3)4)17-16-23(22)28-25(31)29-24(20-12-8-6-9-13-20)21-14-10-7-11-15-21/h6-15,24H,5,16-19H2,1-4H3,(H2,28,29,31). The summed E-state index contributed by atoms with van der Waals surface area (Å²) >= 11 is 0. The first-order chi connectivity index (χ1) is 16.8. The van der Waals surface area contributed by atoms with Gasteiger partial charge in [0, 0.05) is 25.2 Å². The molecule has 2 N–H and O–H groups in total. The first-order valence-electron chi connectivity index (χ1n) is 11.9. The zero-order chi connectivity index (χ0) is 25.3. The first kappa shape index (κ1) is 26.2. The van der Waals surface area contributed by atoms with Crippen molar-refractivity contribution in [2.24, 2.45) is 0 Å². The lowest BCUT2D eigenvalue weighted by Crippen LogP contribution is -2.45. The molecule has 0 aliphatic carbocycles. The fourth-order valence-electron chi connectivity index (χ4n) is 3.74. The molecule has 1 aliphatic heterocycles. The summed E-state index contributed by atoms with van der Waals surface area (Å²) < 4.78 is 5.51. The molecule has 0 saturated heterocycles. The average molecular weight is 482 g/mol. The molecule has 0 atom stereocenters. The van der Waals surface area contributed by atoms with Crippen LogP contribution in [0, 0.1) is 0 Å². The molecule has 188 valence electrons. The number of urea groups is 1. The van der Waals surface area contributed by atoms with Crippen molar-refractivity contribution in [2.75, 3.05) is 26.3 Å². The number of carbonyl (C=O) groups excluding carboxylic acids is 2. The van der Waals surface area contributed by atoms with Crippen LogP contribution >= 0.6 is 0 Å². The van der Waals surface area contributed by atoms with E-state index in [0.29, 0.717) is 25.3 Å². The van der Waals surface area contributed by atoms with Crippen LogP contribution in [0.1, 0.15) is 51.3 Å². The van der Waals surface area contributed by atoms with Gasteiger partial charge in [0.05, 0.1) is 12.6 Å². The van der Waals surface area contributed by atoms with Gasteiger partial charge in [0.25, 0.3) is 0 Å². The summed E-state index contributed by atoms with van der Waals surface area (Å²) in [7, 11) is 0. The number of nitrogens with zero attached hydrogens (tertiary/aromatic N) is 1. The van der Waals surface area contributed by atoms with Gasteiger partial charge in [-0.1, -0.05) is 60.7 Å². The largest absolute Gasteiger partial charge is 0.444 e. The zero-order valence-corrected chi connectivity index (χ0v) is 20.9. The highest BCUT2D eigenvalue weighted by Crippen LogP contribution is 2.23. The third kappa shape index (κ3) is 8.12. The minimum atomic E-state index is -0.592. The molecule has 0 spiro atoms. The Morgan fingerprint density at radius 1 is 0.971 bits per heavy atom. The smallest absolute Gasteiger partial charge is 0.410 e. The molecule has 35 heavy (non-hydrogen) atoms. The number of amides is 3. The predicted molar refractivity (Wildman–Crippen MR) is 133 cm³/mol. The summed E-state index contributed by atoms with van der Waals surface area (Å²) in [5.41, 5.74) is 2.82. The van der Waals surface area contributed by atoms with E-state index in [0.717, 1.165) is 16.7 Å². The lowest BCUT2D eigenvalue weighted by atomic mass is 9.99. The van der Waals surface area contributed by atoms with Gasteiger partial charge < -0.3 is 20.3 Å². The van der Waals surface area contributed by atoms with E-state index in [2.05, 4.69) is 10.6 Å². The average Bonchev–Trinajstić information content (AvgIpc) is 2.83. The SMILES string of the molecule is CCOOCC1=C(NC(=O)NC(c2ccccc2)c2ccccc2)CCN(C(=O)OC(C)(C)C)C1. The minimum Gasteiger partial charge on any atom is -0.444 e. The Morgan fingerprint density at radius 3 is 2.11 bits per heavy atom. The number of ether oxygens (including phenoxy) is 1. The number of benzene rings is 2. The van der Waals surface area contributed by atoms with Crippen LogP contribution in [-0.2, 0) is 14.5 Å². The molecule has 1 aliphatic rings. The maximum atomic E-state index is 13.1. The molecule has 0 unspecified atom stereocenters. The third-order valence-electron chi connectivity index (χ3n) is 5.33. The second-order valence-electron chi connectivity index (χ2n) is 9.26. The first-order valence-corrected chi connectivity index (χ1v) is 11.9. The van der Waals surface area contributed by atoms with Crippen molar-refractivity contribution >= 4 is 12.1 Å². The molecule has 0 fully saturated rings. The van der Waals surface area contributed by atoms with Gasteiger partial charge >= 0.3 is 12.1 Å². The summed E-state index contributed by atoms with van der Waals surface area (Å²) in [6.45, 7) is 8.53. The molecule has 1 heterocycles. The molecule has 0 bridgehead atoms. The molecule has 0 aromatic heterocycles. The van der Waals surface area contributed by atoms with E-state index >= 15 is 0 Å². The molecule has 2 aromatic carbocycles. The quantitative estimate of drug-likeness (QED) is 0.317. The number of rotatable bonds is 8. The lowest BCUT2D eigenvalue weighted by Gasteiger charge is -2.32. The highest BCUT2D eigenvalue weighted by molar-refractivity contribution is 5.77. The van der Waals surface area contributed by atoms with Gasteiger partial charge in [0.15, 0.2) is 0 Å². The molecule has 3 rings (SSSR count). The normalized spacial score (nSPS) is 14.1. The Bertz CT molecular complexity index is 963. The van der Waals surface area contributed by atoms with Gasteiger partial charge in [-0.25, -0.2) is 19.4 Å². The van der Waals surface area contributed by atoms with Crippen LogP contribution in [0.2, 0.25) is 0 Å². The highest BCUT2D eigenvalue weighted by atomic mass is 17.2.